The summed E-state index contributed by atoms with van der Waals surface area (Å²) in [6, 6.07) is 3.88. The van der Waals surface area contributed by atoms with E-state index < -0.39 is 12.1 Å². The van der Waals surface area contributed by atoms with Gasteiger partial charge in [-0.2, -0.15) is 13.2 Å². The number of nitrogens with zero attached hydrogens (tertiary/aromatic N) is 2. The highest BCUT2D eigenvalue weighted by atomic mass is 19.4. The Bertz CT molecular complexity index is 426. The summed E-state index contributed by atoms with van der Waals surface area (Å²) in [7, 11) is 0. The van der Waals surface area contributed by atoms with E-state index in [1.807, 2.05) is 24.0 Å². The van der Waals surface area contributed by atoms with Crippen molar-refractivity contribution in [3.8, 4) is 0 Å². The molecule has 0 aromatic carbocycles. The molecule has 0 spiro atoms. The molecule has 1 aliphatic rings. The van der Waals surface area contributed by atoms with Gasteiger partial charge in [0.15, 0.2) is 0 Å². The Morgan fingerprint density at radius 2 is 2.05 bits per heavy atom. The van der Waals surface area contributed by atoms with Gasteiger partial charge in [-0.15, -0.1) is 0 Å². The molecule has 0 amide bonds. The molecule has 20 heavy (non-hydrogen) atoms. The van der Waals surface area contributed by atoms with Crippen molar-refractivity contribution in [3.63, 3.8) is 0 Å². The first kappa shape index (κ1) is 15.1. The maximum absolute atomic E-state index is 12.6. The first-order valence-corrected chi connectivity index (χ1v) is 6.98. The van der Waals surface area contributed by atoms with Crippen molar-refractivity contribution in [2.75, 3.05) is 24.5 Å². The molecule has 0 saturated carbocycles. The first-order chi connectivity index (χ1) is 9.50. The molecule has 0 bridgehead atoms. The van der Waals surface area contributed by atoms with Crippen LogP contribution in [0.1, 0.15) is 25.3 Å². The number of pyridine rings is 1. The summed E-state index contributed by atoms with van der Waals surface area (Å²) in [5, 5.41) is 3.23. The number of hydrogen-bond acceptors (Lipinski definition) is 3. The second kappa shape index (κ2) is 6.43. The van der Waals surface area contributed by atoms with E-state index in [1.54, 1.807) is 6.20 Å². The van der Waals surface area contributed by atoms with Gasteiger partial charge in [-0.3, -0.25) is 0 Å². The minimum Gasteiger partial charge on any atom is -0.357 e. The van der Waals surface area contributed by atoms with E-state index in [2.05, 4.69) is 10.3 Å². The monoisotopic (exact) mass is 287 g/mol. The zero-order valence-electron chi connectivity index (χ0n) is 11.6. The maximum atomic E-state index is 12.6. The van der Waals surface area contributed by atoms with Gasteiger partial charge < -0.3 is 10.2 Å². The van der Waals surface area contributed by atoms with E-state index in [4.69, 9.17) is 0 Å². The second-order valence-electron chi connectivity index (χ2n) is 5.11. The van der Waals surface area contributed by atoms with Crippen molar-refractivity contribution in [2.24, 2.45) is 5.92 Å². The zero-order chi connectivity index (χ0) is 14.6. The Hall–Kier alpha value is -1.30. The zero-order valence-corrected chi connectivity index (χ0v) is 11.6. The van der Waals surface area contributed by atoms with E-state index >= 15 is 0 Å². The lowest BCUT2D eigenvalue weighted by Crippen LogP contribution is -2.39. The molecule has 112 valence electrons. The summed E-state index contributed by atoms with van der Waals surface area (Å²) < 4.78 is 37.9. The van der Waals surface area contributed by atoms with Gasteiger partial charge in [0.1, 0.15) is 5.82 Å². The van der Waals surface area contributed by atoms with E-state index in [9.17, 15) is 13.2 Å². The molecule has 2 rings (SSSR count). The molecule has 3 nitrogen and oxygen atoms in total. The molecular formula is C14H20F3N3. The average Bonchev–Trinajstić information content (AvgIpc) is 2.45. The van der Waals surface area contributed by atoms with Crippen molar-refractivity contribution in [2.45, 2.75) is 32.5 Å². The Labute approximate surface area is 117 Å². The molecule has 2 heterocycles. The molecule has 1 fully saturated rings. The predicted molar refractivity (Wildman–Crippen MR) is 72.6 cm³/mol. The standard InChI is InChI=1S/C14H20F3N3/c1-2-18-10-11-3-6-19-13(9-11)20-7-4-12(5-8-20)14(15,16)17/h3,6,9,12,18H,2,4-5,7-8,10H2,1H3. The summed E-state index contributed by atoms with van der Waals surface area (Å²) in [6.07, 6.45) is -2.03. The van der Waals surface area contributed by atoms with Crippen molar-refractivity contribution >= 4 is 5.82 Å². The fourth-order valence-corrected chi connectivity index (χ4v) is 2.45. The molecule has 0 radical (unpaired) electrons. The fourth-order valence-electron chi connectivity index (χ4n) is 2.45. The molecule has 1 aromatic heterocycles. The topological polar surface area (TPSA) is 28.2 Å². The number of aromatic nitrogens is 1. The Morgan fingerprint density at radius 1 is 1.35 bits per heavy atom. The van der Waals surface area contributed by atoms with Gasteiger partial charge in [-0.05, 0) is 37.1 Å². The van der Waals surface area contributed by atoms with Crippen LogP contribution in [0.25, 0.3) is 0 Å². The number of rotatable bonds is 4. The van der Waals surface area contributed by atoms with Gasteiger partial charge in [0.25, 0.3) is 0 Å². The number of piperidine rings is 1. The number of hydrogen-bond donors (Lipinski definition) is 1. The predicted octanol–water partition coefficient (Wildman–Crippen LogP) is 2.97. The van der Waals surface area contributed by atoms with Crippen LogP contribution in [0.3, 0.4) is 0 Å². The van der Waals surface area contributed by atoms with Crippen LogP contribution in [-0.2, 0) is 6.54 Å². The maximum Gasteiger partial charge on any atom is 0.391 e. The van der Waals surface area contributed by atoms with Crippen LogP contribution in [0.5, 0.6) is 0 Å². The highest BCUT2D eigenvalue weighted by Crippen LogP contribution is 2.35. The first-order valence-electron chi connectivity index (χ1n) is 6.98. The number of nitrogens with one attached hydrogen (secondary N) is 1. The molecule has 6 heteroatoms. The van der Waals surface area contributed by atoms with Crippen LogP contribution in [0.4, 0.5) is 19.0 Å². The third-order valence-electron chi connectivity index (χ3n) is 3.67. The van der Waals surface area contributed by atoms with Gasteiger partial charge in [-0.25, -0.2) is 4.98 Å². The Balaban J connectivity index is 1.96. The molecule has 1 N–H and O–H groups in total. The largest absolute Gasteiger partial charge is 0.391 e. The lowest BCUT2D eigenvalue weighted by atomic mass is 9.96. The van der Waals surface area contributed by atoms with Crippen molar-refractivity contribution in [1.82, 2.24) is 10.3 Å². The minimum atomic E-state index is -4.06. The van der Waals surface area contributed by atoms with E-state index in [-0.39, 0.29) is 12.8 Å². The summed E-state index contributed by atoms with van der Waals surface area (Å²) in [4.78, 5) is 6.22. The molecule has 0 aliphatic carbocycles. The number of alkyl halides is 3. The molecule has 0 unspecified atom stereocenters. The third-order valence-corrected chi connectivity index (χ3v) is 3.67. The molecule has 1 aliphatic heterocycles. The summed E-state index contributed by atoms with van der Waals surface area (Å²) in [6.45, 7) is 4.51. The Morgan fingerprint density at radius 3 is 2.65 bits per heavy atom. The van der Waals surface area contributed by atoms with Gasteiger partial charge in [-0.1, -0.05) is 6.92 Å². The van der Waals surface area contributed by atoms with Crippen LogP contribution in [-0.4, -0.2) is 30.8 Å². The molecule has 0 atom stereocenters. The quantitative estimate of drug-likeness (QED) is 0.923. The lowest BCUT2D eigenvalue weighted by molar-refractivity contribution is -0.179. The highest BCUT2D eigenvalue weighted by molar-refractivity contribution is 5.41. The smallest absolute Gasteiger partial charge is 0.357 e. The van der Waals surface area contributed by atoms with E-state index in [0.29, 0.717) is 13.1 Å². The second-order valence-corrected chi connectivity index (χ2v) is 5.11. The lowest BCUT2D eigenvalue weighted by Gasteiger charge is -2.33. The molecular weight excluding hydrogens is 267 g/mol. The third kappa shape index (κ3) is 3.85. The Kier molecular flexibility index (Phi) is 4.86. The number of anilines is 1. The highest BCUT2D eigenvalue weighted by Gasteiger charge is 2.41. The van der Waals surface area contributed by atoms with Crippen LogP contribution < -0.4 is 10.2 Å². The van der Waals surface area contributed by atoms with Gasteiger partial charge in [0, 0.05) is 25.8 Å². The van der Waals surface area contributed by atoms with E-state index in [0.717, 1.165) is 24.5 Å². The van der Waals surface area contributed by atoms with E-state index in [1.165, 1.54) is 0 Å². The summed E-state index contributed by atoms with van der Waals surface area (Å²) in [5.41, 5.74) is 1.11. The van der Waals surface area contributed by atoms with Crippen molar-refractivity contribution in [3.05, 3.63) is 23.9 Å². The van der Waals surface area contributed by atoms with Crippen LogP contribution >= 0.6 is 0 Å². The number of halogens is 3. The van der Waals surface area contributed by atoms with Crippen molar-refractivity contribution < 1.29 is 13.2 Å². The van der Waals surface area contributed by atoms with Crippen LogP contribution in [0.15, 0.2) is 18.3 Å². The van der Waals surface area contributed by atoms with Crippen LogP contribution in [0.2, 0.25) is 0 Å². The summed E-state index contributed by atoms with van der Waals surface area (Å²) in [5.74, 6) is -0.385. The normalized spacial score (nSPS) is 17.5. The van der Waals surface area contributed by atoms with Crippen LogP contribution in [0, 0.1) is 5.92 Å². The average molecular weight is 287 g/mol. The van der Waals surface area contributed by atoms with Gasteiger partial charge >= 0.3 is 6.18 Å². The van der Waals surface area contributed by atoms with Gasteiger partial charge in [0.05, 0.1) is 5.92 Å². The molecule has 1 aromatic rings. The van der Waals surface area contributed by atoms with Gasteiger partial charge in [0.2, 0.25) is 0 Å². The fraction of sp³-hybridized carbons (Fsp3) is 0.643. The van der Waals surface area contributed by atoms with Crippen molar-refractivity contribution in [1.29, 1.82) is 0 Å². The molecule has 1 saturated heterocycles. The summed E-state index contributed by atoms with van der Waals surface area (Å²) >= 11 is 0. The SMILES string of the molecule is CCNCc1ccnc(N2CCC(C(F)(F)F)CC2)c1. The minimum absolute atomic E-state index is 0.155.